The van der Waals surface area contributed by atoms with Crippen LogP contribution >= 0.6 is 0 Å². The molecule has 35 valence electrons. The third-order valence-electron chi connectivity index (χ3n) is 0. The number of hydrogen-bond donors (Lipinski definition) is 0. The van der Waals surface area contributed by atoms with Crippen molar-refractivity contribution in [2.45, 2.75) is 0 Å². The van der Waals surface area contributed by atoms with Gasteiger partial charge in [0.15, 0.2) is 0 Å². The zero-order valence-corrected chi connectivity index (χ0v) is 10.6. The molecule has 0 heterocycles. The second kappa shape index (κ2) is 78.2. The molecule has 0 amide bonds. The monoisotopic (exact) mass is 447 g/mol. The second-order valence-corrected chi connectivity index (χ2v) is 0. The molecule has 0 aromatic carbocycles. The topological polar surface area (TPSA) is 51.2 Å². The van der Waals surface area contributed by atoms with Crippen molar-refractivity contribution >= 4 is 23.0 Å². The molecule has 0 aliphatic heterocycles. The van der Waals surface area contributed by atoms with E-state index in [0.29, 0.717) is 63.8 Å². The molecule has 0 aromatic rings. The van der Waals surface area contributed by atoms with Crippen LogP contribution in [0.2, 0.25) is 0 Å². The van der Waals surface area contributed by atoms with Gasteiger partial charge in [-0.1, -0.05) is 0 Å². The van der Waals surface area contributed by atoms with Crippen molar-refractivity contribution < 1.29 is 50.5 Å². The number of rotatable bonds is 0. The summed E-state index contributed by atoms with van der Waals surface area (Å²) in [5.74, 6) is 0. The van der Waals surface area contributed by atoms with E-state index in [-0.39, 0.29) is 0 Å². The van der Waals surface area contributed by atoms with Gasteiger partial charge in [-0.15, -0.1) is 0 Å². The Morgan fingerprint density at radius 1 is 1.17 bits per heavy atom. The van der Waals surface area contributed by atoms with E-state index in [1.165, 1.54) is 0 Å². The Kier molecular flexibility index (Phi) is 204. The number of hydrogen-bond acceptors (Lipinski definition) is 3. The molecule has 0 aliphatic rings. The maximum atomic E-state index is 8.34. The molecule has 0 unspecified atom stereocenters. The standard InChI is InChI=1S/Nb.3O.Sb.W.H. The minimum absolute atomic E-state index is 0.300. The SMILES string of the molecule is [O]=[Nb].[O]=[SbH].[O]=[W]. The Morgan fingerprint density at radius 3 is 1.17 bits per heavy atom. The summed E-state index contributed by atoms with van der Waals surface area (Å²) in [6, 6.07) is 0. The van der Waals surface area contributed by atoms with Crippen LogP contribution in [0.4, 0.5) is 0 Å². The molecule has 0 bridgehead atoms. The van der Waals surface area contributed by atoms with Gasteiger partial charge in [-0.25, -0.2) is 0 Å². The van der Waals surface area contributed by atoms with E-state index in [0.717, 1.165) is 0 Å². The quantitative estimate of drug-likeness (QED) is 0.448. The summed E-state index contributed by atoms with van der Waals surface area (Å²) in [5.41, 5.74) is 0. The average Bonchev–Trinajstić information content (AvgIpc) is 1.81. The van der Waals surface area contributed by atoms with Gasteiger partial charge in [0.05, 0.1) is 0 Å². The Hall–Kier alpha value is 1.65. The zero-order chi connectivity index (χ0) is 6.00. The third kappa shape index (κ3) is 45.0. The van der Waals surface area contributed by atoms with Crippen molar-refractivity contribution in [2.75, 3.05) is 0 Å². The molecule has 0 atom stereocenters. The van der Waals surface area contributed by atoms with Gasteiger partial charge in [-0.3, -0.25) is 0 Å². The van der Waals surface area contributed by atoms with E-state index >= 15 is 0 Å². The fraction of sp³-hybridized carbons (Fsp3) is 0. The van der Waals surface area contributed by atoms with Crippen LogP contribution in [0.5, 0.6) is 0 Å². The molecular formula is HNbO3SbW. The average molecular weight is 448 g/mol. The molecular weight excluding hydrogens is 447 g/mol. The van der Waals surface area contributed by atoms with Crippen LogP contribution in [0.1, 0.15) is 0 Å². The summed E-state index contributed by atoms with van der Waals surface area (Å²) >= 11 is 1.13. The third-order valence-corrected chi connectivity index (χ3v) is 0. The normalized spacial score (nSPS) is 1.83. The van der Waals surface area contributed by atoms with Crippen LogP contribution in [-0.4, -0.2) is 23.0 Å². The molecule has 0 aromatic heterocycles. The first-order chi connectivity index (χ1) is 3.00. The van der Waals surface area contributed by atoms with Gasteiger partial charge in [-0.05, 0) is 0 Å². The summed E-state index contributed by atoms with van der Waals surface area (Å²) in [7, 11) is 0. The van der Waals surface area contributed by atoms with Gasteiger partial charge in [0, 0.05) is 0 Å². The first-order valence-corrected chi connectivity index (χ1v) is 3.81. The van der Waals surface area contributed by atoms with E-state index in [1.54, 1.807) is 0 Å². The van der Waals surface area contributed by atoms with Crippen molar-refractivity contribution in [2.24, 2.45) is 0 Å². The summed E-state index contributed by atoms with van der Waals surface area (Å²) in [6.45, 7) is 0. The first-order valence-electron chi connectivity index (χ1n) is 0.553. The summed E-state index contributed by atoms with van der Waals surface area (Å²) in [5, 5.41) is 0. The summed E-state index contributed by atoms with van der Waals surface area (Å²) < 4.78 is 25.0. The molecule has 0 saturated carbocycles. The molecule has 0 spiro atoms. The fourth-order valence-electron chi connectivity index (χ4n) is 0. The first kappa shape index (κ1) is 15.6. The predicted octanol–water partition coefficient (Wildman–Crippen LogP) is -1.01. The van der Waals surface area contributed by atoms with Gasteiger partial charge in [0.1, 0.15) is 0 Å². The summed E-state index contributed by atoms with van der Waals surface area (Å²) in [4.78, 5) is 0. The molecule has 6 heavy (non-hydrogen) atoms. The van der Waals surface area contributed by atoms with Crippen LogP contribution in [0.3, 0.4) is 0 Å². The van der Waals surface area contributed by atoms with Gasteiger partial charge < -0.3 is 0 Å². The molecule has 3 nitrogen and oxygen atoms in total. The van der Waals surface area contributed by atoms with Gasteiger partial charge >= 0.3 is 73.5 Å². The van der Waals surface area contributed by atoms with Crippen LogP contribution in [0, 0.1) is 0 Å². The van der Waals surface area contributed by atoms with E-state index in [4.69, 9.17) is 9.67 Å². The van der Waals surface area contributed by atoms with E-state index in [1.807, 2.05) is 0 Å². The van der Waals surface area contributed by atoms with Crippen molar-refractivity contribution in [3.8, 4) is 0 Å². The molecule has 0 radical (unpaired) electrons. The van der Waals surface area contributed by atoms with Crippen molar-refractivity contribution in [3.63, 3.8) is 0 Å². The molecule has 0 saturated heterocycles. The fourth-order valence-corrected chi connectivity index (χ4v) is 0. The van der Waals surface area contributed by atoms with Crippen LogP contribution in [0.25, 0.3) is 0 Å². The predicted molar refractivity (Wildman–Crippen MR) is 9.21 cm³/mol. The Morgan fingerprint density at radius 2 is 1.17 bits per heavy atom. The second-order valence-electron chi connectivity index (χ2n) is 0. The van der Waals surface area contributed by atoms with Gasteiger partial charge in [-0.2, -0.15) is 0 Å². The van der Waals surface area contributed by atoms with Crippen LogP contribution in [-0.2, 0) is 50.5 Å². The van der Waals surface area contributed by atoms with Gasteiger partial charge in [0.25, 0.3) is 0 Å². The van der Waals surface area contributed by atoms with E-state index < -0.39 is 0 Å². The molecule has 0 fully saturated rings. The van der Waals surface area contributed by atoms with Crippen molar-refractivity contribution in [1.29, 1.82) is 0 Å². The van der Waals surface area contributed by atoms with Crippen molar-refractivity contribution in [3.05, 3.63) is 0 Å². The van der Waals surface area contributed by atoms with Crippen LogP contribution in [0.15, 0.2) is 0 Å². The van der Waals surface area contributed by atoms with Gasteiger partial charge in [0.2, 0.25) is 0 Å². The zero-order valence-electron chi connectivity index (χ0n) is 2.58. The molecule has 0 N–H and O–H groups in total. The Balaban J connectivity index is -0.0000000225. The Labute approximate surface area is 72.6 Å². The molecule has 0 rings (SSSR count). The minimum atomic E-state index is 0.300. The van der Waals surface area contributed by atoms with E-state index in [9.17, 15) is 0 Å². The van der Waals surface area contributed by atoms with Crippen LogP contribution < -0.4 is 0 Å². The van der Waals surface area contributed by atoms with E-state index in [2.05, 4.69) is 0 Å². The summed E-state index contributed by atoms with van der Waals surface area (Å²) in [6.07, 6.45) is 0. The van der Waals surface area contributed by atoms with Crippen molar-refractivity contribution in [1.82, 2.24) is 0 Å². The maximum absolute atomic E-state index is 8.34. The Bertz CT molecular complexity index is 15.5. The molecule has 6 heteroatoms. The molecule has 0 aliphatic carbocycles.